The lowest BCUT2D eigenvalue weighted by molar-refractivity contribution is -0.140. The van der Waals surface area contributed by atoms with Crippen LogP contribution in [0.4, 0.5) is 17.6 Å². The first-order valence-electron chi connectivity index (χ1n) is 6.27. The fraction of sp³-hybridized carbons (Fsp3) is 0.500. The average molecular weight is 272 g/mol. The van der Waals surface area contributed by atoms with Crippen LogP contribution < -0.4 is 0 Å². The molecule has 2 saturated carbocycles. The highest BCUT2D eigenvalue weighted by Gasteiger charge is 2.48. The molecule has 0 saturated heterocycles. The minimum absolute atomic E-state index is 0.0278. The Morgan fingerprint density at radius 3 is 2.32 bits per heavy atom. The smallest absolute Gasteiger partial charge is 0.294 e. The molecule has 19 heavy (non-hydrogen) atoms. The summed E-state index contributed by atoms with van der Waals surface area (Å²) in [5.74, 6) is -0.640. The van der Waals surface area contributed by atoms with Gasteiger partial charge < -0.3 is 0 Å². The normalized spacial score (nSPS) is 29.2. The number of carbonyl (C=O) groups is 1. The third kappa shape index (κ3) is 2.26. The van der Waals surface area contributed by atoms with Crippen LogP contribution >= 0.6 is 0 Å². The second-order valence-corrected chi connectivity index (χ2v) is 5.48. The summed E-state index contributed by atoms with van der Waals surface area (Å²) in [4.78, 5) is 12.1. The van der Waals surface area contributed by atoms with Crippen LogP contribution in [0.2, 0.25) is 0 Å². The van der Waals surface area contributed by atoms with Gasteiger partial charge in [-0.2, -0.15) is 13.2 Å². The second kappa shape index (κ2) is 4.05. The standard InChI is InChI=1S/C14H12F4O/c15-12-2-1-7(6-11(12)14(16,17)18)13(19)10-4-8-3-9(8)5-10/h1-2,6,8-10H,3-5H2. The number of rotatable bonds is 2. The molecule has 2 atom stereocenters. The molecule has 102 valence electrons. The van der Waals surface area contributed by atoms with E-state index in [9.17, 15) is 22.4 Å². The first kappa shape index (κ1) is 12.6. The molecule has 2 unspecified atom stereocenters. The van der Waals surface area contributed by atoms with Crippen molar-refractivity contribution in [3.63, 3.8) is 0 Å². The SMILES string of the molecule is O=C(c1ccc(F)c(C(F)(F)F)c1)C1CC2CC2C1. The Bertz CT molecular complexity index is 525. The van der Waals surface area contributed by atoms with Crippen LogP contribution in [0.3, 0.4) is 0 Å². The zero-order valence-electron chi connectivity index (χ0n) is 10.0. The number of hydrogen-bond donors (Lipinski definition) is 0. The molecule has 0 bridgehead atoms. The molecule has 1 aromatic rings. The zero-order chi connectivity index (χ0) is 13.8. The molecule has 0 heterocycles. The Kier molecular flexibility index (Phi) is 2.69. The molecule has 3 rings (SSSR count). The van der Waals surface area contributed by atoms with E-state index in [1.165, 1.54) is 0 Å². The fourth-order valence-corrected chi connectivity index (χ4v) is 3.06. The van der Waals surface area contributed by atoms with Crippen LogP contribution in [-0.4, -0.2) is 5.78 Å². The van der Waals surface area contributed by atoms with Gasteiger partial charge in [0.1, 0.15) is 5.82 Å². The molecule has 0 spiro atoms. The van der Waals surface area contributed by atoms with Gasteiger partial charge in [-0.1, -0.05) is 0 Å². The summed E-state index contributed by atoms with van der Waals surface area (Å²) in [6, 6.07) is 2.52. The Morgan fingerprint density at radius 1 is 1.11 bits per heavy atom. The minimum atomic E-state index is -4.77. The van der Waals surface area contributed by atoms with Crippen molar-refractivity contribution in [1.29, 1.82) is 0 Å². The quantitative estimate of drug-likeness (QED) is 0.586. The number of fused-ring (bicyclic) bond motifs is 1. The van der Waals surface area contributed by atoms with E-state index in [2.05, 4.69) is 0 Å². The summed E-state index contributed by atoms with van der Waals surface area (Å²) >= 11 is 0. The van der Waals surface area contributed by atoms with Crippen LogP contribution in [0, 0.1) is 23.6 Å². The van der Waals surface area contributed by atoms with E-state index in [1.54, 1.807) is 0 Å². The van der Waals surface area contributed by atoms with E-state index in [-0.39, 0.29) is 17.3 Å². The molecule has 5 heteroatoms. The van der Waals surface area contributed by atoms with Crippen LogP contribution in [0.5, 0.6) is 0 Å². The van der Waals surface area contributed by atoms with Gasteiger partial charge in [0.15, 0.2) is 5.78 Å². The average Bonchev–Trinajstić information content (AvgIpc) is 2.94. The van der Waals surface area contributed by atoms with Crippen molar-refractivity contribution >= 4 is 5.78 Å². The number of ketones is 1. The molecule has 2 fully saturated rings. The molecule has 0 aromatic heterocycles. The van der Waals surface area contributed by atoms with E-state index in [0.717, 1.165) is 31.4 Å². The highest BCUT2D eigenvalue weighted by atomic mass is 19.4. The van der Waals surface area contributed by atoms with Crippen LogP contribution in [0.1, 0.15) is 35.2 Å². The van der Waals surface area contributed by atoms with Crippen molar-refractivity contribution in [2.24, 2.45) is 17.8 Å². The lowest BCUT2D eigenvalue weighted by Crippen LogP contribution is -2.15. The van der Waals surface area contributed by atoms with E-state index >= 15 is 0 Å². The molecule has 0 N–H and O–H groups in total. The van der Waals surface area contributed by atoms with Gasteiger partial charge in [-0.3, -0.25) is 4.79 Å². The molecule has 2 aliphatic carbocycles. The highest BCUT2D eigenvalue weighted by Crippen LogP contribution is 2.55. The molecule has 2 aliphatic rings. The van der Waals surface area contributed by atoms with Gasteiger partial charge in [-0.15, -0.1) is 0 Å². The van der Waals surface area contributed by atoms with E-state index < -0.39 is 17.6 Å². The minimum Gasteiger partial charge on any atom is -0.294 e. The summed E-state index contributed by atoms with van der Waals surface area (Å²) in [5, 5.41) is 0. The number of hydrogen-bond acceptors (Lipinski definition) is 1. The number of alkyl halides is 3. The number of carbonyl (C=O) groups excluding carboxylic acids is 1. The fourth-order valence-electron chi connectivity index (χ4n) is 3.06. The Morgan fingerprint density at radius 2 is 1.74 bits per heavy atom. The third-order valence-electron chi connectivity index (χ3n) is 4.17. The molecule has 0 amide bonds. The van der Waals surface area contributed by atoms with Crippen molar-refractivity contribution in [2.75, 3.05) is 0 Å². The van der Waals surface area contributed by atoms with E-state index in [0.29, 0.717) is 17.9 Å². The van der Waals surface area contributed by atoms with Gasteiger partial charge in [0.25, 0.3) is 0 Å². The Balaban J connectivity index is 1.86. The third-order valence-corrected chi connectivity index (χ3v) is 4.17. The van der Waals surface area contributed by atoms with Crippen molar-refractivity contribution < 1.29 is 22.4 Å². The number of halogens is 4. The van der Waals surface area contributed by atoms with Gasteiger partial charge in [0.05, 0.1) is 5.56 Å². The summed E-state index contributed by atoms with van der Waals surface area (Å²) in [7, 11) is 0. The Hall–Kier alpha value is -1.39. The van der Waals surface area contributed by atoms with Crippen LogP contribution in [-0.2, 0) is 6.18 Å². The number of benzene rings is 1. The van der Waals surface area contributed by atoms with Crippen molar-refractivity contribution in [3.05, 3.63) is 35.1 Å². The highest BCUT2D eigenvalue weighted by molar-refractivity contribution is 5.98. The van der Waals surface area contributed by atoms with Gasteiger partial charge in [0.2, 0.25) is 0 Å². The first-order chi connectivity index (χ1) is 8.86. The zero-order valence-corrected chi connectivity index (χ0v) is 10.0. The van der Waals surface area contributed by atoms with Gasteiger partial charge in [0, 0.05) is 11.5 Å². The number of Topliss-reactive ketones (excluding diaryl/α,β-unsaturated/α-hetero) is 1. The summed E-state index contributed by atoms with van der Waals surface area (Å²) in [6.07, 6.45) is -2.09. The molecular weight excluding hydrogens is 260 g/mol. The largest absolute Gasteiger partial charge is 0.419 e. The topological polar surface area (TPSA) is 17.1 Å². The second-order valence-electron chi connectivity index (χ2n) is 5.48. The Labute approximate surface area is 107 Å². The monoisotopic (exact) mass is 272 g/mol. The van der Waals surface area contributed by atoms with Crippen LogP contribution in [0.15, 0.2) is 18.2 Å². The van der Waals surface area contributed by atoms with Crippen molar-refractivity contribution in [2.45, 2.75) is 25.4 Å². The van der Waals surface area contributed by atoms with Gasteiger partial charge in [-0.25, -0.2) is 4.39 Å². The van der Waals surface area contributed by atoms with Gasteiger partial charge in [-0.05, 0) is 49.3 Å². The molecule has 0 radical (unpaired) electrons. The van der Waals surface area contributed by atoms with Crippen molar-refractivity contribution in [1.82, 2.24) is 0 Å². The molecule has 1 nitrogen and oxygen atoms in total. The molecule has 0 aliphatic heterocycles. The lowest BCUT2D eigenvalue weighted by Gasteiger charge is -2.13. The van der Waals surface area contributed by atoms with E-state index in [1.807, 2.05) is 0 Å². The maximum atomic E-state index is 13.1. The van der Waals surface area contributed by atoms with E-state index in [4.69, 9.17) is 0 Å². The maximum absolute atomic E-state index is 13.1. The predicted octanol–water partition coefficient (Wildman–Crippen LogP) is 4.07. The van der Waals surface area contributed by atoms with Gasteiger partial charge >= 0.3 is 6.18 Å². The summed E-state index contributed by atoms with van der Waals surface area (Å²) in [6.45, 7) is 0. The maximum Gasteiger partial charge on any atom is 0.419 e. The van der Waals surface area contributed by atoms with Crippen molar-refractivity contribution in [3.8, 4) is 0 Å². The van der Waals surface area contributed by atoms with Crippen LogP contribution in [0.25, 0.3) is 0 Å². The molecule has 1 aromatic carbocycles. The lowest BCUT2D eigenvalue weighted by atomic mass is 9.92. The molecular formula is C14H12F4O. The summed E-state index contributed by atoms with van der Waals surface area (Å²) < 4.78 is 50.9. The predicted molar refractivity (Wildman–Crippen MR) is 60.1 cm³/mol. The first-order valence-corrected chi connectivity index (χ1v) is 6.27. The summed E-state index contributed by atoms with van der Waals surface area (Å²) in [5.41, 5.74) is -1.39.